The molecule has 0 aliphatic rings. The second kappa shape index (κ2) is 4.33. The Morgan fingerprint density at radius 3 is 2.22 bits per heavy atom. The number of nitrogens with zero attached hydrogens (tertiary/aromatic N) is 1. The van der Waals surface area contributed by atoms with E-state index < -0.39 is 7.12 Å². The Labute approximate surface area is 105 Å². The summed E-state index contributed by atoms with van der Waals surface area (Å²) >= 11 is 0. The van der Waals surface area contributed by atoms with Gasteiger partial charge in [-0.1, -0.05) is 36.4 Å². The standard InChI is InChI=1S/C14H12BNO2/c17-15(18)13-10-16(11-6-2-1-3-7-11)14-9-5-4-8-12(13)14/h1-10,17-18H. The van der Waals surface area contributed by atoms with Crippen LogP contribution in [0.25, 0.3) is 16.6 Å². The molecule has 0 bridgehead atoms. The predicted molar refractivity (Wildman–Crippen MR) is 73.1 cm³/mol. The van der Waals surface area contributed by atoms with Crippen molar-refractivity contribution in [3.8, 4) is 5.69 Å². The van der Waals surface area contributed by atoms with Gasteiger partial charge in [-0.15, -0.1) is 0 Å². The number of hydrogen-bond acceptors (Lipinski definition) is 2. The molecular formula is C14H12BNO2. The molecule has 0 unspecified atom stereocenters. The molecule has 3 nitrogen and oxygen atoms in total. The maximum Gasteiger partial charge on any atom is 0.490 e. The van der Waals surface area contributed by atoms with Gasteiger partial charge in [0.15, 0.2) is 0 Å². The van der Waals surface area contributed by atoms with Crippen LogP contribution in [0.15, 0.2) is 60.8 Å². The van der Waals surface area contributed by atoms with Gasteiger partial charge in [0.25, 0.3) is 0 Å². The molecule has 1 heterocycles. The van der Waals surface area contributed by atoms with Crippen LogP contribution >= 0.6 is 0 Å². The van der Waals surface area contributed by atoms with Crippen LogP contribution in [0.1, 0.15) is 0 Å². The first kappa shape index (κ1) is 11.1. The van der Waals surface area contributed by atoms with Crippen LogP contribution in [-0.2, 0) is 0 Å². The summed E-state index contributed by atoms with van der Waals surface area (Å²) in [6.45, 7) is 0. The maximum absolute atomic E-state index is 9.42. The lowest BCUT2D eigenvalue weighted by Crippen LogP contribution is -2.29. The van der Waals surface area contributed by atoms with Gasteiger partial charge in [0.2, 0.25) is 0 Å². The number of hydrogen-bond donors (Lipinski definition) is 2. The van der Waals surface area contributed by atoms with Crippen LogP contribution in [0.2, 0.25) is 0 Å². The molecule has 2 aromatic carbocycles. The Kier molecular flexibility index (Phi) is 2.66. The van der Waals surface area contributed by atoms with E-state index in [-0.39, 0.29) is 0 Å². The lowest BCUT2D eigenvalue weighted by Gasteiger charge is -2.04. The van der Waals surface area contributed by atoms with Crippen molar-refractivity contribution >= 4 is 23.5 Å². The van der Waals surface area contributed by atoms with Crippen molar-refractivity contribution in [2.24, 2.45) is 0 Å². The second-order valence-corrected chi connectivity index (χ2v) is 4.18. The summed E-state index contributed by atoms with van der Waals surface area (Å²) < 4.78 is 1.96. The van der Waals surface area contributed by atoms with Gasteiger partial charge in [-0.05, 0) is 23.6 Å². The van der Waals surface area contributed by atoms with Crippen LogP contribution in [0.3, 0.4) is 0 Å². The molecule has 0 amide bonds. The molecule has 0 spiro atoms. The molecule has 0 saturated carbocycles. The van der Waals surface area contributed by atoms with E-state index in [1.807, 2.05) is 59.2 Å². The average molecular weight is 237 g/mol. The highest BCUT2D eigenvalue weighted by Gasteiger charge is 2.18. The quantitative estimate of drug-likeness (QED) is 0.660. The number of para-hydroxylation sites is 2. The molecule has 4 heteroatoms. The van der Waals surface area contributed by atoms with Crippen molar-refractivity contribution in [2.45, 2.75) is 0 Å². The summed E-state index contributed by atoms with van der Waals surface area (Å²) in [7, 11) is -1.46. The van der Waals surface area contributed by atoms with E-state index in [4.69, 9.17) is 0 Å². The average Bonchev–Trinajstić information content (AvgIpc) is 2.79. The Morgan fingerprint density at radius 2 is 1.50 bits per heavy atom. The molecule has 3 aromatic rings. The molecule has 0 fully saturated rings. The predicted octanol–water partition coefficient (Wildman–Crippen LogP) is 1.31. The van der Waals surface area contributed by atoms with E-state index in [9.17, 15) is 10.0 Å². The molecule has 0 aliphatic carbocycles. The fraction of sp³-hybridized carbons (Fsp3) is 0. The van der Waals surface area contributed by atoms with Crippen LogP contribution in [0.4, 0.5) is 0 Å². The minimum atomic E-state index is -1.46. The Balaban J connectivity index is 2.31. The highest BCUT2D eigenvalue weighted by molar-refractivity contribution is 6.62. The first-order valence-corrected chi connectivity index (χ1v) is 5.79. The minimum absolute atomic E-state index is 0.523. The number of aromatic nitrogens is 1. The second-order valence-electron chi connectivity index (χ2n) is 4.18. The fourth-order valence-electron chi connectivity index (χ4n) is 2.21. The minimum Gasteiger partial charge on any atom is -0.423 e. The molecule has 0 aliphatic heterocycles. The number of rotatable bonds is 2. The monoisotopic (exact) mass is 237 g/mol. The fourth-order valence-corrected chi connectivity index (χ4v) is 2.21. The molecule has 18 heavy (non-hydrogen) atoms. The summed E-state index contributed by atoms with van der Waals surface area (Å²) in [5.74, 6) is 0. The zero-order valence-corrected chi connectivity index (χ0v) is 9.69. The summed E-state index contributed by atoms with van der Waals surface area (Å²) in [4.78, 5) is 0. The summed E-state index contributed by atoms with van der Waals surface area (Å²) in [5.41, 5.74) is 2.49. The summed E-state index contributed by atoms with van der Waals surface area (Å²) in [6, 6.07) is 17.5. The lowest BCUT2D eigenvalue weighted by molar-refractivity contribution is 0.426. The smallest absolute Gasteiger partial charge is 0.423 e. The molecule has 3 rings (SSSR count). The highest BCUT2D eigenvalue weighted by Crippen LogP contribution is 2.18. The van der Waals surface area contributed by atoms with E-state index in [1.54, 1.807) is 6.20 Å². The van der Waals surface area contributed by atoms with Crippen molar-refractivity contribution in [1.82, 2.24) is 4.57 Å². The maximum atomic E-state index is 9.42. The first-order valence-electron chi connectivity index (χ1n) is 5.79. The van der Waals surface area contributed by atoms with Gasteiger partial charge in [-0.2, -0.15) is 0 Å². The topological polar surface area (TPSA) is 45.4 Å². The van der Waals surface area contributed by atoms with E-state index in [0.29, 0.717) is 5.46 Å². The third-order valence-corrected chi connectivity index (χ3v) is 3.06. The van der Waals surface area contributed by atoms with E-state index in [1.165, 1.54) is 0 Å². The van der Waals surface area contributed by atoms with Gasteiger partial charge in [0.05, 0.1) is 5.52 Å². The van der Waals surface area contributed by atoms with Crippen LogP contribution in [0, 0.1) is 0 Å². The Bertz CT molecular complexity index is 677. The molecule has 2 N–H and O–H groups in total. The largest absolute Gasteiger partial charge is 0.490 e. The molecule has 88 valence electrons. The molecule has 0 saturated heterocycles. The Hall–Kier alpha value is -2.04. The highest BCUT2D eigenvalue weighted by atomic mass is 16.4. The van der Waals surface area contributed by atoms with Crippen LogP contribution in [-0.4, -0.2) is 21.7 Å². The zero-order chi connectivity index (χ0) is 12.5. The molecule has 1 aromatic heterocycles. The zero-order valence-electron chi connectivity index (χ0n) is 9.69. The van der Waals surface area contributed by atoms with Gasteiger partial charge in [0.1, 0.15) is 0 Å². The van der Waals surface area contributed by atoms with E-state index >= 15 is 0 Å². The van der Waals surface area contributed by atoms with Gasteiger partial charge in [-0.3, -0.25) is 0 Å². The molecular weight excluding hydrogens is 225 g/mol. The summed E-state index contributed by atoms with van der Waals surface area (Å²) in [6.07, 6.45) is 1.77. The Morgan fingerprint density at radius 1 is 0.833 bits per heavy atom. The van der Waals surface area contributed by atoms with Crippen molar-refractivity contribution < 1.29 is 10.0 Å². The van der Waals surface area contributed by atoms with Crippen molar-refractivity contribution in [1.29, 1.82) is 0 Å². The SMILES string of the molecule is OB(O)c1cn(-c2ccccc2)c2ccccc12. The van der Waals surface area contributed by atoms with Gasteiger partial charge in [0, 0.05) is 17.3 Å². The van der Waals surface area contributed by atoms with E-state index in [0.717, 1.165) is 16.6 Å². The third kappa shape index (κ3) is 1.72. The van der Waals surface area contributed by atoms with Gasteiger partial charge >= 0.3 is 7.12 Å². The number of fused-ring (bicyclic) bond motifs is 1. The van der Waals surface area contributed by atoms with Crippen molar-refractivity contribution in [3.63, 3.8) is 0 Å². The lowest BCUT2D eigenvalue weighted by atomic mass is 9.80. The third-order valence-electron chi connectivity index (χ3n) is 3.06. The normalized spacial score (nSPS) is 10.8. The number of benzene rings is 2. The van der Waals surface area contributed by atoms with E-state index in [2.05, 4.69) is 0 Å². The first-order chi connectivity index (χ1) is 8.77. The summed E-state index contributed by atoms with van der Waals surface area (Å²) in [5, 5.41) is 19.7. The van der Waals surface area contributed by atoms with Crippen molar-refractivity contribution in [3.05, 3.63) is 60.8 Å². The molecule has 0 atom stereocenters. The molecule has 0 radical (unpaired) electrons. The van der Waals surface area contributed by atoms with Gasteiger partial charge in [-0.25, -0.2) is 0 Å². The van der Waals surface area contributed by atoms with Crippen LogP contribution < -0.4 is 5.46 Å². The van der Waals surface area contributed by atoms with Crippen molar-refractivity contribution in [2.75, 3.05) is 0 Å². The van der Waals surface area contributed by atoms with Crippen LogP contribution in [0.5, 0.6) is 0 Å². The van der Waals surface area contributed by atoms with Gasteiger partial charge < -0.3 is 14.6 Å².